The molecule has 0 bridgehead atoms. The fourth-order valence-electron chi connectivity index (χ4n) is 4.29. The highest BCUT2D eigenvalue weighted by atomic mass is 19.1. The lowest BCUT2D eigenvalue weighted by Crippen LogP contribution is -2.11. The maximum atomic E-state index is 14.8. The van der Waals surface area contributed by atoms with Crippen molar-refractivity contribution in [1.82, 2.24) is 0 Å². The number of hydrogen-bond donors (Lipinski definition) is 0. The highest BCUT2D eigenvalue weighted by Crippen LogP contribution is 2.37. The third-order valence-electron chi connectivity index (χ3n) is 5.82. The summed E-state index contributed by atoms with van der Waals surface area (Å²) in [6, 6.07) is 10.5. The van der Waals surface area contributed by atoms with Crippen molar-refractivity contribution in [2.75, 3.05) is 0 Å². The molecule has 0 unspecified atom stereocenters. The van der Waals surface area contributed by atoms with Gasteiger partial charge in [-0.2, -0.15) is 0 Å². The van der Waals surface area contributed by atoms with Gasteiger partial charge in [0.15, 0.2) is 0 Å². The second-order valence-corrected chi connectivity index (χ2v) is 7.61. The van der Waals surface area contributed by atoms with Crippen molar-refractivity contribution >= 4 is 10.8 Å². The van der Waals surface area contributed by atoms with Crippen LogP contribution in [-0.4, -0.2) is 0 Å². The fourth-order valence-corrected chi connectivity index (χ4v) is 4.29. The fraction of sp³-hybridized carbons (Fsp3) is 0.500. The Bertz CT molecular complexity index is 720. The largest absolute Gasteiger partial charge is 0.206 e. The first kappa shape index (κ1) is 18.2. The lowest BCUT2D eigenvalue weighted by Gasteiger charge is -2.27. The second-order valence-electron chi connectivity index (χ2n) is 7.61. The zero-order valence-electron chi connectivity index (χ0n) is 15.7. The summed E-state index contributed by atoms with van der Waals surface area (Å²) in [5.74, 6) is 1.39. The SMILES string of the molecule is C/C=C/C1CCC(c2ccc3c(F)c(CCCCC)ccc3c2)CC1. The highest BCUT2D eigenvalue weighted by molar-refractivity contribution is 5.84. The van der Waals surface area contributed by atoms with Gasteiger partial charge in [-0.1, -0.05) is 62.2 Å². The van der Waals surface area contributed by atoms with Crippen LogP contribution in [-0.2, 0) is 6.42 Å². The minimum atomic E-state index is -0.00283. The lowest BCUT2D eigenvalue weighted by molar-refractivity contribution is 0.376. The monoisotopic (exact) mass is 338 g/mol. The molecule has 0 nitrogen and oxygen atoms in total. The molecule has 0 aromatic heterocycles. The van der Waals surface area contributed by atoms with E-state index in [0.29, 0.717) is 5.92 Å². The van der Waals surface area contributed by atoms with E-state index in [-0.39, 0.29) is 5.82 Å². The van der Waals surface area contributed by atoms with Crippen LogP contribution in [0.5, 0.6) is 0 Å². The van der Waals surface area contributed by atoms with Crippen molar-refractivity contribution in [3.05, 3.63) is 59.4 Å². The summed E-state index contributed by atoms with van der Waals surface area (Å²) in [4.78, 5) is 0. The van der Waals surface area contributed by atoms with Crippen molar-refractivity contribution in [2.45, 2.75) is 71.1 Å². The van der Waals surface area contributed by atoms with Crippen LogP contribution in [0.3, 0.4) is 0 Å². The van der Waals surface area contributed by atoms with Gasteiger partial charge >= 0.3 is 0 Å². The molecule has 0 saturated heterocycles. The van der Waals surface area contributed by atoms with Gasteiger partial charge in [0.1, 0.15) is 5.82 Å². The summed E-state index contributed by atoms with van der Waals surface area (Å²) in [5.41, 5.74) is 2.27. The molecular weight excluding hydrogens is 307 g/mol. The average molecular weight is 339 g/mol. The molecule has 134 valence electrons. The van der Waals surface area contributed by atoms with Gasteiger partial charge in [0, 0.05) is 5.39 Å². The number of fused-ring (bicyclic) bond motifs is 1. The molecule has 1 saturated carbocycles. The van der Waals surface area contributed by atoms with Crippen LogP contribution in [0, 0.1) is 11.7 Å². The summed E-state index contributed by atoms with van der Waals surface area (Å²) in [6.45, 7) is 4.30. The summed E-state index contributed by atoms with van der Waals surface area (Å²) in [5, 5.41) is 1.85. The van der Waals surface area contributed by atoms with Crippen LogP contribution in [0.1, 0.15) is 75.8 Å². The third-order valence-corrected chi connectivity index (χ3v) is 5.82. The van der Waals surface area contributed by atoms with E-state index in [0.717, 1.165) is 35.1 Å². The molecule has 0 N–H and O–H groups in total. The second kappa shape index (κ2) is 8.65. The van der Waals surface area contributed by atoms with Crippen molar-refractivity contribution in [3.63, 3.8) is 0 Å². The predicted octanol–water partition coefficient (Wildman–Crippen LogP) is 7.56. The molecule has 0 spiro atoms. The molecule has 1 fully saturated rings. The van der Waals surface area contributed by atoms with Gasteiger partial charge in [0.25, 0.3) is 0 Å². The van der Waals surface area contributed by atoms with Crippen LogP contribution in [0.15, 0.2) is 42.5 Å². The smallest absolute Gasteiger partial charge is 0.134 e. The number of rotatable bonds is 6. The molecule has 1 aliphatic rings. The van der Waals surface area contributed by atoms with Crippen LogP contribution in [0.4, 0.5) is 4.39 Å². The topological polar surface area (TPSA) is 0 Å². The van der Waals surface area contributed by atoms with Gasteiger partial charge in [-0.05, 0) is 73.8 Å². The van der Waals surface area contributed by atoms with E-state index in [1.165, 1.54) is 44.1 Å². The van der Waals surface area contributed by atoms with Crippen molar-refractivity contribution in [3.8, 4) is 0 Å². The van der Waals surface area contributed by atoms with E-state index < -0.39 is 0 Å². The summed E-state index contributed by atoms with van der Waals surface area (Å²) in [6.07, 6.45) is 13.9. The molecule has 2 aromatic rings. The van der Waals surface area contributed by atoms with Crippen LogP contribution < -0.4 is 0 Å². The highest BCUT2D eigenvalue weighted by Gasteiger charge is 2.21. The molecule has 0 heterocycles. The van der Waals surface area contributed by atoms with Gasteiger partial charge in [-0.25, -0.2) is 4.39 Å². The molecule has 0 amide bonds. The Morgan fingerprint density at radius 1 is 1.04 bits per heavy atom. The first-order valence-corrected chi connectivity index (χ1v) is 10.1. The number of hydrogen-bond acceptors (Lipinski definition) is 0. The van der Waals surface area contributed by atoms with E-state index in [1.807, 2.05) is 12.1 Å². The Kier molecular flexibility index (Phi) is 6.29. The standard InChI is InChI=1S/C24H31F/c1-3-5-6-8-20-13-14-22-17-21(15-16-23(22)24(20)25)19-11-9-18(7-4-2)10-12-19/h4,7,13-19H,3,5-6,8-12H2,1-2H3/b7-4+. The number of unbranched alkanes of at least 4 members (excludes halogenated alkanes) is 2. The van der Waals surface area contributed by atoms with Gasteiger partial charge in [-0.3, -0.25) is 0 Å². The Morgan fingerprint density at radius 3 is 2.56 bits per heavy atom. The number of aryl methyl sites for hydroxylation is 1. The number of allylic oxidation sites excluding steroid dienone is 2. The molecule has 0 aliphatic heterocycles. The minimum absolute atomic E-state index is 0.00283. The van der Waals surface area contributed by atoms with Crippen molar-refractivity contribution < 1.29 is 4.39 Å². The average Bonchev–Trinajstić information content (AvgIpc) is 2.64. The first-order valence-electron chi connectivity index (χ1n) is 10.1. The Labute approximate surface area is 152 Å². The van der Waals surface area contributed by atoms with Gasteiger partial charge in [0.05, 0.1) is 0 Å². The predicted molar refractivity (Wildman–Crippen MR) is 107 cm³/mol. The van der Waals surface area contributed by atoms with Crippen LogP contribution >= 0.6 is 0 Å². The van der Waals surface area contributed by atoms with E-state index in [9.17, 15) is 4.39 Å². The minimum Gasteiger partial charge on any atom is -0.206 e. The molecule has 3 rings (SSSR count). The van der Waals surface area contributed by atoms with E-state index >= 15 is 0 Å². The molecular formula is C24H31F. The van der Waals surface area contributed by atoms with E-state index in [2.05, 4.69) is 44.2 Å². The Hall–Kier alpha value is -1.63. The molecule has 0 atom stereocenters. The lowest BCUT2D eigenvalue weighted by atomic mass is 9.78. The van der Waals surface area contributed by atoms with Gasteiger partial charge in [-0.15, -0.1) is 0 Å². The van der Waals surface area contributed by atoms with Crippen molar-refractivity contribution in [2.24, 2.45) is 5.92 Å². The molecule has 2 aromatic carbocycles. The Balaban J connectivity index is 1.76. The van der Waals surface area contributed by atoms with Crippen LogP contribution in [0.2, 0.25) is 0 Å². The Morgan fingerprint density at radius 2 is 1.84 bits per heavy atom. The molecule has 0 radical (unpaired) electrons. The first-order chi connectivity index (χ1) is 12.2. The third kappa shape index (κ3) is 4.32. The van der Waals surface area contributed by atoms with Crippen LogP contribution in [0.25, 0.3) is 10.8 Å². The number of benzene rings is 2. The molecule has 1 aliphatic carbocycles. The van der Waals surface area contributed by atoms with Crippen molar-refractivity contribution in [1.29, 1.82) is 0 Å². The number of halogens is 1. The molecule has 1 heteroatoms. The summed E-state index contributed by atoms with van der Waals surface area (Å²) in [7, 11) is 0. The van der Waals surface area contributed by atoms with Gasteiger partial charge in [0.2, 0.25) is 0 Å². The molecule has 25 heavy (non-hydrogen) atoms. The van der Waals surface area contributed by atoms with Gasteiger partial charge < -0.3 is 0 Å². The maximum absolute atomic E-state index is 14.8. The maximum Gasteiger partial charge on any atom is 0.134 e. The summed E-state index contributed by atoms with van der Waals surface area (Å²) < 4.78 is 14.8. The summed E-state index contributed by atoms with van der Waals surface area (Å²) >= 11 is 0. The zero-order chi connectivity index (χ0) is 17.6. The van der Waals surface area contributed by atoms with E-state index in [4.69, 9.17) is 0 Å². The quantitative estimate of drug-likeness (QED) is 0.376. The normalized spacial score (nSPS) is 21.2. The zero-order valence-corrected chi connectivity index (χ0v) is 15.7. The van der Waals surface area contributed by atoms with E-state index in [1.54, 1.807) is 0 Å².